The van der Waals surface area contributed by atoms with Crippen molar-refractivity contribution in [2.24, 2.45) is 11.5 Å². The van der Waals surface area contributed by atoms with E-state index < -0.39 is 0 Å². The minimum absolute atomic E-state index is 0.194. The number of nitrogens with two attached hydrogens (primary N) is 2. The molecule has 5 heteroatoms. The van der Waals surface area contributed by atoms with Gasteiger partial charge in [-0.1, -0.05) is 24.8 Å². The van der Waals surface area contributed by atoms with Crippen molar-refractivity contribution in [1.82, 2.24) is 0 Å². The number of hydrogen-bond acceptors (Lipinski definition) is 3. The molecule has 0 aliphatic carbocycles. The van der Waals surface area contributed by atoms with Crippen LogP contribution in [-0.2, 0) is 0 Å². The molecule has 3 nitrogen and oxygen atoms in total. The largest absolute Gasteiger partial charge is 0.399 e. The first-order valence-corrected chi connectivity index (χ1v) is 7.13. The van der Waals surface area contributed by atoms with Crippen molar-refractivity contribution in [2.45, 2.75) is 0 Å². The molecule has 22 heavy (non-hydrogen) atoms. The van der Waals surface area contributed by atoms with Gasteiger partial charge in [-0.15, -0.1) is 9.24 Å². The number of allylic oxidation sites excluding steroid dienone is 1. The predicted octanol–water partition coefficient (Wildman–Crippen LogP) is 2.62. The van der Waals surface area contributed by atoms with Gasteiger partial charge < -0.3 is 16.9 Å². The van der Waals surface area contributed by atoms with Gasteiger partial charge in [0.15, 0.2) is 0 Å². The molecular weight excluding hydrogens is 296 g/mol. The molecule has 0 aromatic heterocycles. The Hall–Kier alpha value is -2.45. The molecule has 0 amide bonds. The van der Waals surface area contributed by atoms with Crippen LogP contribution in [0.2, 0.25) is 0 Å². The zero-order chi connectivity index (χ0) is 16.3. The van der Waals surface area contributed by atoms with Crippen LogP contribution in [0.15, 0.2) is 55.1 Å². The smallest absolute Gasteiger partial charge is 0.123 e. The monoisotopic (exact) mass is 313 g/mol. The van der Waals surface area contributed by atoms with E-state index in [2.05, 4.69) is 15.8 Å². The highest BCUT2D eigenvalue weighted by Crippen LogP contribution is 2.20. The molecule has 5 N–H and O–H groups in total. The van der Waals surface area contributed by atoms with Crippen molar-refractivity contribution in [2.75, 3.05) is 0 Å². The minimum Gasteiger partial charge on any atom is -0.399 e. The lowest BCUT2D eigenvalue weighted by molar-refractivity contribution is 0.628. The van der Waals surface area contributed by atoms with E-state index in [1.165, 1.54) is 30.3 Å². The third-order valence-electron chi connectivity index (χ3n) is 3.19. The summed E-state index contributed by atoms with van der Waals surface area (Å²) < 4.78 is 12.9. The average Bonchev–Trinajstić information content (AvgIpc) is 2.47. The van der Waals surface area contributed by atoms with Gasteiger partial charge in [0, 0.05) is 22.5 Å². The third-order valence-corrected chi connectivity index (χ3v) is 3.67. The fourth-order valence-corrected chi connectivity index (χ4v) is 2.53. The Morgan fingerprint density at radius 2 is 1.77 bits per heavy atom. The van der Waals surface area contributed by atoms with Crippen molar-refractivity contribution in [1.29, 1.82) is 5.41 Å². The number of rotatable bonds is 4. The molecule has 0 heterocycles. The molecule has 0 saturated carbocycles. The molecule has 0 fully saturated rings. The van der Waals surface area contributed by atoms with Gasteiger partial charge in [0.05, 0.1) is 5.71 Å². The lowest BCUT2D eigenvalue weighted by atomic mass is 10.0. The normalized spacial score (nSPS) is 11.3. The Morgan fingerprint density at radius 3 is 2.36 bits per heavy atom. The number of hydrogen-bond donors (Lipinski definition) is 3. The van der Waals surface area contributed by atoms with E-state index in [0.717, 1.165) is 16.4 Å². The Bertz CT molecular complexity index is 764. The summed E-state index contributed by atoms with van der Waals surface area (Å²) in [4.78, 5) is 0. The van der Waals surface area contributed by atoms with E-state index in [9.17, 15) is 4.39 Å². The quantitative estimate of drug-likeness (QED) is 0.599. The Labute approximate surface area is 131 Å². The molecule has 112 valence electrons. The molecule has 2 rings (SSSR count). The first-order valence-electron chi connectivity index (χ1n) is 6.55. The van der Waals surface area contributed by atoms with E-state index in [0.29, 0.717) is 17.0 Å². The summed E-state index contributed by atoms with van der Waals surface area (Å²) in [6.07, 6.45) is 1.53. The summed E-state index contributed by atoms with van der Waals surface area (Å²) in [5.74, 6) is -0.342. The third kappa shape index (κ3) is 3.41. The minimum atomic E-state index is -0.342. The maximum Gasteiger partial charge on any atom is 0.123 e. The molecule has 0 radical (unpaired) electrons. The number of halogens is 1. The molecule has 1 unspecified atom stereocenters. The SMILES string of the molecule is C=C(N)c1cccc(P)c1C(N)=CC(=N)c1ccc(F)cc1. The maximum atomic E-state index is 12.9. The molecule has 0 aliphatic rings. The van der Waals surface area contributed by atoms with Crippen LogP contribution in [0.5, 0.6) is 0 Å². The summed E-state index contributed by atoms with van der Waals surface area (Å²) >= 11 is 0. The van der Waals surface area contributed by atoms with Gasteiger partial charge >= 0.3 is 0 Å². The van der Waals surface area contributed by atoms with E-state index in [4.69, 9.17) is 16.9 Å². The van der Waals surface area contributed by atoms with Gasteiger partial charge in [0.25, 0.3) is 0 Å². The second-order valence-electron chi connectivity index (χ2n) is 4.82. The van der Waals surface area contributed by atoms with Crippen LogP contribution in [0.25, 0.3) is 11.4 Å². The van der Waals surface area contributed by atoms with Gasteiger partial charge in [-0.3, -0.25) is 0 Å². The lowest BCUT2D eigenvalue weighted by Gasteiger charge is -2.13. The van der Waals surface area contributed by atoms with Gasteiger partial charge in [-0.25, -0.2) is 4.39 Å². The standard InChI is InChI=1S/C17H17FN3P/c1-10(19)13-3-2-4-16(22)17(13)15(21)9-14(20)11-5-7-12(18)8-6-11/h2-9,20H,1,19,21-22H2. The molecule has 1 atom stereocenters. The van der Waals surface area contributed by atoms with Crippen LogP contribution >= 0.6 is 9.24 Å². The molecular formula is C17H17FN3P. The molecule has 0 spiro atoms. The van der Waals surface area contributed by atoms with Gasteiger partial charge in [-0.05, 0) is 41.2 Å². The van der Waals surface area contributed by atoms with Crippen molar-refractivity contribution in [3.63, 3.8) is 0 Å². The first-order chi connectivity index (χ1) is 10.4. The van der Waals surface area contributed by atoms with Gasteiger partial charge in [-0.2, -0.15) is 0 Å². The Balaban J connectivity index is 2.43. The van der Waals surface area contributed by atoms with E-state index in [-0.39, 0.29) is 11.5 Å². The van der Waals surface area contributed by atoms with Crippen LogP contribution in [0, 0.1) is 11.2 Å². The topological polar surface area (TPSA) is 75.9 Å². The first kappa shape index (κ1) is 15.9. The number of benzene rings is 2. The molecule has 0 aliphatic heterocycles. The van der Waals surface area contributed by atoms with Crippen molar-refractivity contribution in [3.8, 4) is 0 Å². The zero-order valence-corrected chi connectivity index (χ0v) is 13.1. The van der Waals surface area contributed by atoms with Gasteiger partial charge in [0.1, 0.15) is 5.82 Å². The van der Waals surface area contributed by atoms with Crippen LogP contribution in [-0.4, -0.2) is 5.71 Å². The van der Waals surface area contributed by atoms with E-state index in [1.54, 1.807) is 0 Å². The van der Waals surface area contributed by atoms with Gasteiger partial charge in [0.2, 0.25) is 0 Å². The molecule has 2 aromatic carbocycles. The molecule has 2 aromatic rings. The van der Waals surface area contributed by atoms with E-state index >= 15 is 0 Å². The second-order valence-corrected chi connectivity index (χ2v) is 5.44. The fraction of sp³-hybridized carbons (Fsp3) is 0. The van der Waals surface area contributed by atoms with Crippen LogP contribution in [0.1, 0.15) is 16.7 Å². The van der Waals surface area contributed by atoms with Crippen molar-refractivity contribution < 1.29 is 4.39 Å². The number of nitrogens with one attached hydrogen (secondary N) is 1. The summed E-state index contributed by atoms with van der Waals surface area (Å²) in [6, 6.07) is 11.3. The second kappa shape index (κ2) is 6.54. The van der Waals surface area contributed by atoms with Crippen LogP contribution in [0.4, 0.5) is 4.39 Å². The fourth-order valence-electron chi connectivity index (χ4n) is 2.10. The van der Waals surface area contributed by atoms with Crippen LogP contribution in [0.3, 0.4) is 0 Å². The predicted molar refractivity (Wildman–Crippen MR) is 94.4 cm³/mol. The highest BCUT2D eigenvalue weighted by atomic mass is 31.0. The summed E-state index contributed by atoms with van der Waals surface area (Å²) in [7, 11) is 2.59. The summed E-state index contributed by atoms with van der Waals surface area (Å²) in [5.41, 5.74) is 15.0. The molecule has 0 bridgehead atoms. The Kier molecular flexibility index (Phi) is 4.74. The zero-order valence-electron chi connectivity index (χ0n) is 11.9. The highest BCUT2D eigenvalue weighted by Gasteiger charge is 2.10. The highest BCUT2D eigenvalue weighted by molar-refractivity contribution is 7.27. The average molecular weight is 313 g/mol. The van der Waals surface area contributed by atoms with E-state index in [1.807, 2.05) is 18.2 Å². The Morgan fingerprint density at radius 1 is 1.14 bits per heavy atom. The lowest BCUT2D eigenvalue weighted by Crippen LogP contribution is -2.13. The summed E-state index contributed by atoms with van der Waals surface area (Å²) in [5, 5.41) is 8.95. The van der Waals surface area contributed by atoms with Crippen LogP contribution < -0.4 is 16.8 Å². The van der Waals surface area contributed by atoms with Crippen molar-refractivity contribution in [3.05, 3.63) is 77.6 Å². The summed E-state index contributed by atoms with van der Waals surface area (Å²) in [6.45, 7) is 3.75. The maximum absolute atomic E-state index is 12.9. The molecule has 0 saturated heterocycles. The van der Waals surface area contributed by atoms with Crippen molar-refractivity contribution >= 4 is 31.7 Å².